The van der Waals surface area contributed by atoms with Gasteiger partial charge in [-0.05, 0) is 19.3 Å². The largest absolute Gasteiger partial charge is 0.359 e. The first-order chi connectivity index (χ1) is 15.3. The van der Waals surface area contributed by atoms with Crippen LogP contribution < -0.4 is 0 Å². The molecule has 0 saturated heterocycles. The lowest BCUT2D eigenvalue weighted by molar-refractivity contribution is 0.159. The molecular formula is C29H58N2. The van der Waals surface area contributed by atoms with Gasteiger partial charge in [0, 0.05) is 26.0 Å². The van der Waals surface area contributed by atoms with Gasteiger partial charge in [0.2, 0.25) is 0 Å². The van der Waals surface area contributed by atoms with E-state index in [1.807, 2.05) is 0 Å². The van der Waals surface area contributed by atoms with Crippen molar-refractivity contribution in [1.29, 1.82) is 0 Å². The van der Waals surface area contributed by atoms with Crippen molar-refractivity contribution in [2.75, 3.05) is 13.6 Å². The normalized spacial score (nSPS) is 16.0. The minimum Gasteiger partial charge on any atom is -0.359 e. The van der Waals surface area contributed by atoms with Crippen molar-refractivity contribution in [1.82, 2.24) is 9.80 Å². The summed E-state index contributed by atoms with van der Waals surface area (Å²) in [6.45, 7) is 5.85. The Morgan fingerprint density at radius 1 is 0.484 bits per heavy atom. The third-order valence-corrected chi connectivity index (χ3v) is 7.18. The molecule has 1 atom stereocenters. The summed E-state index contributed by atoms with van der Waals surface area (Å²) in [5.41, 5.74) is 0. The summed E-state index contributed by atoms with van der Waals surface area (Å²) >= 11 is 0. The highest BCUT2D eigenvalue weighted by molar-refractivity contribution is 4.95. The van der Waals surface area contributed by atoms with Gasteiger partial charge in [-0.3, -0.25) is 0 Å². The molecule has 0 N–H and O–H groups in total. The topological polar surface area (TPSA) is 6.48 Å². The second-order valence-corrected chi connectivity index (χ2v) is 10.2. The highest BCUT2D eigenvalue weighted by atomic mass is 15.4. The average molecular weight is 435 g/mol. The van der Waals surface area contributed by atoms with Crippen LogP contribution in [0.4, 0.5) is 0 Å². The molecule has 0 amide bonds. The van der Waals surface area contributed by atoms with E-state index in [1.54, 1.807) is 0 Å². The average Bonchev–Trinajstić information content (AvgIpc) is 3.12. The van der Waals surface area contributed by atoms with Crippen LogP contribution in [0.2, 0.25) is 0 Å². The van der Waals surface area contributed by atoms with E-state index in [-0.39, 0.29) is 0 Å². The Balaban J connectivity index is 1.94. The van der Waals surface area contributed by atoms with Crippen molar-refractivity contribution in [2.45, 2.75) is 161 Å². The van der Waals surface area contributed by atoms with Crippen LogP contribution in [-0.4, -0.2) is 29.6 Å². The van der Waals surface area contributed by atoms with Gasteiger partial charge in [0.15, 0.2) is 0 Å². The predicted octanol–water partition coefficient (Wildman–Crippen LogP) is 9.65. The van der Waals surface area contributed by atoms with Gasteiger partial charge in [-0.15, -0.1) is 0 Å². The first-order valence-electron chi connectivity index (χ1n) is 14.5. The minimum absolute atomic E-state index is 0.622. The Morgan fingerprint density at radius 3 is 1.32 bits per heavy atom. The maximum atomic E-state index is 2.61. The highest BCUT2D eigenvalue weighted by Gasteiger charge is 2.22. The molecule has 1 rings (SSSR count). The van der Waals surface area contributed by atoms with Crippen molar-refractivity contribution in [3.63, 3.8) is 0 Å². The van der Waals surface area contributed by atoms with Crippen molar-refractivity contribution < 1.29 is 0 Å². The lowest BCUT2D eigenvalue weighted by atomic mass is 10.0. The molecule has 0 fully saturated rings. The van der Waals surface area contributed by atoms with Crippen molar-refractivity contribution in [3.05, 3.63) is 12.4 Å². The molecule has 0 bridgehead atoms. The second kappa shape index (κ2) is 21.2. The van der Waals surface area contributed by atoms with Crippen LogP contribution in [0.3, 0.4) is 0 Å². The molecule has 1 heterocycles. The SMILES string of the molecule is CCCCCCCCCCCCCC1N(C)C=CN1CCCCCCCCCCCC. The Bertz CT molecular complexity index is 392. The molecule has 0 aromatic carbocycles. The van der Waals surface area contributed by atoms with Gasteiger partial charge >= 0.3 is 0 Å². The molecule has 2 nitrogen and oxygen atoms in total. The number of hydrogen-bond donors (Lipinski definition) is 0. The van der Waals surface area contributed by atoms with E-state index in [0.29, 0.717) is 6.17 Å². The van der Waals surface area contributed by atoms with Crippen LogP contribution in [0.1, 0.15) is 155 Å². The fourth-order valence-corrected chi connectivity index (χ4v) is 4.99. The van der Waals surface area contributed by atoms with E-state index in [9.17, 15) is 0 Å². The molecule has 1 aliphatic rings. The number of unbranched alkanes of at least 4 members (excludes halogenated alkanes) is 19. The smallest absolute Gasteiger partial charge is 0.100 e. The highest BCUT2D eigenvalue weighted by Crippen LogP contribution is 2.21. The minimum atomic E-state index is 0.622. The van der Waals surface area contributed by atoms with E-state index >= 15 is 0 Å². The maximum absolute atomic E-state index is 2.61. The Labute approximate surface area is 197 Å². The standard InChI is InChI=1S/C29H58N2/c1-4-6-8-10-12-14-16-17-19-21-23-25-29-30(3)27-28-31(29)26-24-22-20-18-15-13-11-9-7-5-2/h27-29H,4-26H2,1-3H3. The zero-order chi connectivity index (χ0) is 22.4. The zero-order valence-corrected chi connectivity index (χ0v) is 21.9. The molecule has 0 aliphatic carbocycles. The van der Waals surface area contributed by atoms with Gasteiger partial charge in [-0.25, -0.2) is 0 Å². The summed E-state index contributed by atoms with van der Waals surface area (Å²) in [4.78, 5) is 5.05. The first-order valence-corrected chi connectivity index (χ1v) is 14.5. The van der Waals surface area contributed by atoms with Crippen LogP contribution in [-0.2, 0) is 0 Å². The van der Waals surface area contributed by atoms with Crippen LogP contribution >= 0.6 is 0 Å². The summed E-state index contributed by atoms with van der Waals surface area (Å²) in [5.74, 6) is 0. The quantitative estimate of drug-likeness (QED) is 0.148. The summed E-state index contributed by atoms with van der Waals surface area (Å²) < 4.78 is 0. The lowest BCUT2D eigenvalue weighted by Crippen LogP contribution is -2.37. The Hall–Kier alpha value is -0.660. The third kappa shape index (κ3) is 15.7. The van der Waals surface area contributed by atoms with Gasteiger partial charge < -0.3 is 9.80 Å². The van der Waals surface area contributed by atoms with Gasteiger partial charge in [0.05, 0.1) is 0 Å². The molecule has 184 valence electrons. The fourth-order valence-electron chi connectivity index (χ4n) is 4.99. The van der Waals surface area contributed by atoms with E-state index in [1.165, 1.54) is 148 Å². The summed E-state index contributed by atoms with van der Waals surface area (Å²) in [7, 11) is 2.26. The first kappa shape index (κ1) is 28.4. The van der Waals surface area contributed by atoms with Gasteiger partial charge in [0.1, 0.15) is 6.17 Å². The van der Waals surface area contributed by atoms with E-state index in [2.05, 4.69) is 43.1 Å². The zero-order valence-electron chi connectivity index (χ0n) is 21.9. The van der Waals surface area contributed by atoms with Gasteiger partial charge in [-0.1, -0.05) is 136 Å². The lowest BCUT2D eigenvalue weighted by Gasteiger charge is -2.30. The molecule has 2 heteroatoms. The van der Waals surface area contributed by atoms with E-state index in [4.69, 9.17) is 0 Å². The van der Waals surface area contributed by atoms with Crippen molar-refractivity contribution >= 4 is 0 Å². The summed E-state index contributed by atoms with van der Waals surface area (Å²) in [6.07, 6.45) is 36.7. The molecule has 0 aromatic rings. The second-order valence-electron chi connectivity index (χ2n) is 10.2. The van der Waals surface area contributed by atoms with Crippen LogP contribution in [0, 0.1) is 0 Å². The molecule has 1 aliphatic heterocycles. The van der Waals surface area contributed by atoms with E-state index in [0.717, 1.165) is 0 Å². The summed E-state index contributed by atoms with van der Waals surface area (Å²) in [5, 5.41) is 0. The molecule has 1 unspecified atom stereocenters. The van der Waals surface area contributed by atoms with Crippen molar-refractivity contribution in [3.8, 4) is 0 Å². The molecule has 0 aromatic heterocycles. The van der Waals surface area contributed by atoms with Crippen LogP contribution in [0.5, 0.6) is 0 Å². The third-order valence-electron chi connectivity index (χ3n) is 7.18. The van der Waals surface area contributed by atoms with Gasteiger partial charge in [0.25, 0.3) is 0 Å². The van der Waals surface area contributed by atoms with Crippen LogP contribution in [0.25, 0.3) is 0 Å². The predicted molar refractivity (Wildman–Crippen MR) is 140 cm³/mol. The van der Waals surface area contributed by atoms with E-state index < -0.39 is 0 Å². The Morgan fingerprint density at radius 2 is 0.871 bits per heavy atom. The number of hydrogen-bond acceptors (Lipinski definition) is 2. The Kier molecular flexibility index (Phi) is 19.4. The molecular weight excluding hydrogens is 376 g/mol. The van der Waals surface area contributed by atoms with Crippen LogP contribution in [0.15, 0.2) is 12.4 Å². The molecule has 0 radical (unpaired) electrons. The fraction of sp³-hybridized carbons (Fsp3) is 0.931. The number of rotatable bonds is 23. The molecule has 31 heavy (non-hydrogen) atoms. The summed E-state index contributed by atoms with van der Waals surface area (Å²) in [6, 6.07) is 0. The number of nitrogens with zero attached hydrogens (tertiary/aromatic N) is 2. The van der Waals surface area contributed by atoms with Crippen molar-refractivity contribution in [2.24, 2.45) is 0 Å². The molecule has 0 saturated carbocycles. The molecule has 0 spiro atoms. The van der Waals surface area contributed by atoms with Gasteiger partial charge in [-0.2, -0.15) is 0 Å². The maximum Gasteiger partial charge on any atom is 0.100 e. The monoisotopic (exact) mass is 434 g/mol.